The van der Waals surface area contributed by atoms with Crippen molar-refractivity contribution in [1.29, 1.82) is 0 Å². The van der Waals surface area contributed by atoms with Gasteiger partial charge < -0.3 is 39.0 Å². The minimum absolute atomic E-state index is 0.116. The number of nitrogens with zero attached hydrogens (tertiary/aromatic N) is 4. The van der Waals surface area contributed by atoms with Gasteiger partial charge in [-0.2, -0.15) is 0 Å². The number of urea groups is 1. The summed E-state index contributed by atoms with van der Waals surface area (Å²) < 4.78 is 29.5. The van der Waals surface area contributed by atoms with E-state index >= 15 is 19.2 Å². The molecule has 4 amide bonds. The molecule has 5 aromatic carbocycles. The number of piperazine rings is 1. The van der Waals surface area contributed by atoms with Crippen molar-refractivity contribution >= 4 is 35.5 Å². The highest BCUT2D eigenvalue weighted by Crippen LogP contribution is 2.67. The van der Waals surface area contributed by atoms with Crippen molar-refractivity contribution in [3.63, 3.8) is 0 Å². The van der Waals surface area contributed by atoms with Gasteiger partial charge in [-0.15, -0.1) is 0 Å². The molecule has 3 fully saturated rings. The summed E-state index contributed by atoms with van der Waals surface area (Å²) in [6, 6.07) is 31.6. The predicted octanol–water partition coefficient (Wildman–Crippen LogP) is 7.56. The van der Waals surface area contributed by atoms with Gasteiger partial charge in [0.25, 0.3) is 0 Å². The number of allylic oxidation sites excluding steroid dienone is 2. The Labute approximate surface area is 453 Å². The standard InChI is InChI=1S/C62H63N5O11/c1-39(2)52(58(70)74-3)63-61(73)66-47-27-25-41(24-23-40-15-7-4-8-16-40)35-46(47)62(60(66)72)51(57(69)65-31-29-64(30-32-65)37-42-26-28-49-50(36-42)77-38-76-49)54-59(71)78-55(44-19-11-6-12-20-44)53(43-17-9-5-10-18-43)67(54)56(62)45-21-13-14-22-48(45)75-34-33-68/h5-6,9-15,17-22,25-28,35-36,39,51-56,68H,4,7-8,16,29-34,37-38H2,1-3H3,(H,63,73). The molecule has 5 aliphatic heterocycles. The van der Waals surface area contributed by atoms with Crippen LogP contribution in [0.2, 0.25) is 0 Å². The largest absolute Gasteiger partial charge is 0.491 e. The first-order valence-corrected chi connectivity index (χ1v) is 26.9. The maximum Gasteiger partial charge on any atom is 0.329 e. The molecule has 78 heavy (non-hydrogen) atoms. The summed E-state index contributed by atoms with van der Waals surface area (Å²) in [7, 11) is 1.23. The molecule has 16 nitrogen and oxygen atoms in total. The van der Waals surface area contributed by atoms with Gasteiger partial charge >= 0.3 is 18.0 Å². The van der Waals surface area contributed by atoms with Crippen LogP contribution >= 0.6 is 0 Å². The lowest BCUT2D eigenvalue weighted by Gasteiger charge is -2.46. The Hall–Kier alpha value is -7.97. The van der Waals surface area contributed by atoms with E-state index in [0.717, 1.165) is 47.3 Å². The normalized spacial score (nSPS) is 23.9. The summed E-state index contributed by atoms with van der Waals surface area (Å²) in [5, 5.41) is 13.1. The summed E-state index contributed by atoms with van der Waals surface area (Å²) >= 11 is 0. The molecular weight excluding hydrogens is 991 g/mol. The summed E-state index contributed by atoms with van der Waals surface area (Å²) in [5.41, 5.74) is 2.70. The predicted molar refractivity (Wildman–Crippen MR) is 288 cm³/mol. The minimum atomic E-state index is -2.12. The van der Waals surface area contributed by atoms with Crippen molar-refractivity contribution in [2.24, 2.45) is 11.8 Å². The van der Waals surface area contributed by atoms with Gasteiger partial charge in [0.05, 0.1) is 37.4 Å². The highest BCUT2D eigenvalue weighted by atomic mass is 16.7. The maximum atomic E-state index is 17.1. The average molecular weight is 1050 g/mol. The summed E-state index contributed by atoms with van der Waals surface area (Å²) in [6.45, 7) is 5.20. The number of benzene rings is 5. The number of carbonyl (C=O) groups is 5. The van der Waals surface area contributed by atoms with E-state index in [-0.39, 0.29) is 38.8 Å². The van der Waals surface area contributed by atoms with Crippen LogP contribution < -0.4 is 24.4 Å². The lowest BCUT2D eigenvalue weighted by atomic mass is 9.64. The van der Waals surface area contributed by atoms with Crippen molar-refractivity contribution < 1.29 is 52.8 Å². The first kappa shape index (κ1) is 52.1. The zero-order valence-corrected chi connectivity index (χ0v) is 44.0. The van der Waals surface area contributed by atoms with Gasteiger partial charge in [-0.25, -0.2) is 14.5 Å². The third-order valence-electron chi connectivity index (χ3n) is 16.1. The number of aliphatic hydroxyl groups is 1. The lowest BCUT2D eigenvalue weighted by Crippen LogP contribution is -2.59. The summed E-state index contributed by atoms with van der Waals surface area (Å²) in [5.74, 6) is 3.68. The molecule has 1 aliphatic carbocycles. The van der Waals surface area contributed by atoms with Gasteiger partial charge in [-0.3, -0.25) is 24.2 Å². The van der Waals surface area contributed by atoms with E-state index in [1.54, 1.807) is 55.1 Å². The first-order valence-electron chi connectivity index (χ1n) is 26.9. The van der Waals surface area contributed by atoms with Gasteiger partial charge in [0.1, 0.15) is 36.0 Å². The number of rotatable bonds is 12. The Kier molecular flexibility index (Phi) is 14.8. The van der Waals surface area contributed by atoms with Crippen LogP contribution in [0, 0.1) is 23.7 Å². The molecule has 16 heteroatoms. The zero-order valence-electron chi connectivity index (χ0n) is 44.0. The summed E-state index contributed by atoms with van der Waals surface area (Å²) in [6.07, 6.45) is 4.99. The van der Waals surface area contributed by atoms with E-state index < -0.39 is 77.3 Å². The molecule has 0 bridgehead atoms. The number of para-hydroxylation sites is 1. The number of amides is 4. The smallest absolute Gasteiger partial charge is 0.329 e. The number of fused-ring (bicyclic) bond motifs is 4. The van der Waals surface area contributed by atoms with Crippen molar-refractivity contribution in [2.75, 3.05) is 58.2 Å². The van der Waals surface area contributed by atoms with Crippen LogP contribution in [0.4, 0.5) is 10.5 Å². The number of methoxy groups -OCH3 is 1. The van der Waals surface area contributed by atoms with E-state index in [0.29, 0.717) is 59.1 Å². The second kappa shape index (κ2) is 22.2. The van der Waals surface area contributed by atoms with E-state index in [2.05, 4.69) is 28.1 Å². The van der Waals surface area contributed by atoms with Crippen molar-refractivity contribution in [2.45, 2.75) is 81.8 Å². The van der Waals surface area contributed by atoms with E-state index in [1.807, 2.05) is 89.8 Å². The number of cyclic esters (lactones) is 1. The quantitative estimate of drug-likeness (QED) is 0.0926. The Bertz CT molecular complexity index is 3200. The second-order valence-electron chi connectivity index (χ2n) is 21.0. The SMILES string of the molecule is COC(=O)C(NC(=O)N1C(=O)C2(c3cc(C#CC4=CCCCC4)ccc31)C(C(=O)N1CCN(Cc3ccc4c(c3)OCO4)CC1)C1C(=O)OC(c3ccccc3)C(c3ccccc3)N1C2c1ccccc1OCCO)C(C)C. The molecule has 5 heterocycles. The molecule has 7 atom stereocenters. The molecule has 0 radical (unpaired) electrons. The first-order chi connectivity index (χ1) is 38.0. The van der Waals surface area contributed by atoms with Crippen molar-refractivity contribution in [1.82, 2.24) is 20.0 Å². The van der Waals surface area contributed by atoms with Crippen LogP contribution in [0.3, 0.4) is 0 Å². The molecule has 5 aromatic rings. The Morgan fingerprint density at radius 1 is 0.821 bits per heavy atom. The van der Waals surface area contributed by atoms with Crippen LogP contribution in [-0.2, 0) is 40.6 Å². The number of ether oxygens (including phenoxy) is 5. The molecule has 3 saturated heterocycles. The second-order valence-corrected chi connectivity index (χ2v) is 21.0. The van der Waals surface area contributed by atoms with E-state index in [4.69, 9.17) is 23.7 Å². The molecular formula is C62H63N5O11. The number of hydrogen-bond acceptors (Lipinski definition) is 13. The monoisotopic (exact) mass is 1050 g/mol. The third kappa shape index (κ3) is 9.43. The van der Waals surface area contributed by atoms with Crippen molar-refractivity contribution in [3.8, 4) is 29.1 Å². The van der Waals surface area contributed by atoms with E-state index in [9.17, 15) is 9.90 Å². The molecule has 0 aromatic heterocycles. The molecule has 11 rings (SSSR count). The maximum absolute atomic E-state index is 17.1. The topological polar surface area (TPSA) is 177 Å². The fraction of sp³-hybridized carbons (Fsp3) is 0.371. The van der Waals surface area contributed by atoms with Crippen LogP contribution in [0.25, 0.3) is 0 Å². The zero-order chi connectivity index (χ0) is 54.1. The molecule has 402 valence electrons. The third-order valence-corrected chi connectivity index (χ3v) is 16.1. The average Bonchev–Trinajstić information content (AvgIpc) is 4.13. The molecule has 6 aliphatic rings. The lowest BCUT2D eigenvalue weighted by molar-refractivity contribution is -0.179. The van der Waals surface area contributed by atoms with Gasteiger partial charge in [0, 0.05) is 43.9 Å². The molecule has 1 spiro atoms. The van der Waals surface area contributed by atoms with Gasteiger partial charge in [-0.05, 0) is 95.8 Å². The van der Waals surface area contributed by atoms with Crippen LogP contribution in [0.15, 0.2) is 133 Å². The van der Waals surface area contributed by atoms with Crippen LogP contribution in [0.5, 0.6) is 17.2 Å². The highest BCUT2D eigenvalue weighted by molar-refractivity contribution is 6.25. The van der Waals surface area contributed by atoms with Crippen LogP contribution in [0.1, 0.15) is 91.1 Å². The summed E-state index contributed by atoms with van der Waals surface area (Å²) in [4.78, 5) is 85.3. The molecule has 0 saturated carbocycles. The number of aliphatic hydroxyl groups excluding tert-OH is 1. The Morgan fingerprint density at radius 3 is 2.27 bits per heavy atom. The number of imide groups is 1. The Balaban J connectivity index is 1.14. The van der Waals surface area contributed by atoms with Crippen LogP contribution in [-0.4, -0.2) is 115 Å². The number of nitrogens with one attached hydrogen (secondary N) is 1. The number of carbonyl (C=O) groups excluding carboxylic acids is 5. The molecule has 2 N–H and O–H groups in total. The number of anilines is 1. The van der Waals surface area contributed by atoms with E-state index in [1.165, 1.54) is 7.11 Å². The number of esters is 2. The fourth-order valence-electron chi connectivity index (χ4n) is 12.5. The fourth-order valence-corrected chi connectivity index (χ4v) is 12.5. The minimum Gasteiger partial charge on any atom is -0.491 e. The van der Waals surface area contributed by atoms with Gasteiger partial charge in [0.2, 0.25) is 18.6 Å². The number of hydrogen-bond donors (Lipinski definition) is 2. The molecule has 7 unspecified atom stereocenters. The highest BCUT2D eigenvalue weighted by Gasteiger charge is 2.76. The van der Waals surface area contributed by atoms with Crippen molar-refractivity contribution in [3.05, 3.63) is 166 Å². The van der Waals surface area contributed by atoms with Gasteiger partial charge in [0.15, 0.2) is 11.5 Å². The van der Waals surface area contributed by atoms with Gasteiger partial charge in [-0.1, -0.05) is 117 Å². The number of morpholine rings is 1. The Morgan fingerprint density at radius 2 is 1.55 bits per heavy atom.